The van der Waals surface area contributed by atoms with Crippen molar-refractivity contribution < 1.29 is 0 Å². The Bertz CT molecular complexity index is 459. The van der Waals surface area contributed by atoms with E-state index in [0.717, 1.165) is 24.9 Å². The lowest BCUT2D eigenvalue weighted by Gasteiger charge is -2.38. The van der Waals surface area contributed by atoms with E-state index in [1.807, 2.05) is 6.07 Å². The second kappa shape index (κ2) is 7.85. The van der Waals surface area contributed by atoms with E-state index in [4.69, 9.17) is 23.2 Å². The summed E-state index contributed by atoms with van der Waals surface area (Å²) in [5.74, 6) is 2.88. The Kier molecular flexibility index (Phi) is 6.40. The Labute approximate surface area is 139 Å². The summed E-state index contributed by atoms with van der Waals surface area (Å²) in [4.78, 5) is 0. The first-order chi connectivity index (χ1) is 10.0. The van der Waals surface area contributed by atoms with Gasteiger partial charge in [0.15, 0.2) is 0 Å². The molecule has 0 aromatic heterocycles. The van der Waals surface area contributed by atoms with Crippen molar-refractivity contribution in [1.82, 2.24) is 5.32 Å². The Morgan fingerprint density at radius 1 is 1.19 bits per heavy atom. The van der Waals surface area contributed by atoms with E-state index in [2.05, 4.69) is 38.2 Å². The highest BCUT2D eigenvalue weighted by molar-refractivity contribution is 6.42. The third-order valence-corrected chi connectivity index (χ3v) is 5.74. The van der Waals surface area contributed by atoms with Gasteiger partial charge in [-0.3, -0.25) is 0 Å². The minimum Gasteiger partial charge on any atom is -0.317 e. The van der Waals surface area contributed by atoms with Crippen LogP contribution in [0.25, 0.3) is 0 Å². The molecule has 0 radical (unpaired) electrons. The van der Waals surface area contributed by atoms with Crippen LogP contribution in [0, 0.1) is 17.8 Å². The van der Waals surface area contributed by atoms with Crippen LogP contribution in [-0.2, 0) is 0 Å². The molecule has 0 spiro atoms. The van der Waals surface area contributed by atoms with Crippen molar-refractivity contribution in [2.24, 2.45) is 17.8 Å². The number of hydrogen-bond acceptors (Lipinski definition) is 1. The number of halogens is 2. The van der Waals surface area contributed by atoms with Crippen LogP contribution in [0.2, 0.25) is 10.0 Å². The highest BCUT2D eigenvalue weighted by Gasteiger charge is 2.32. The van der Waals surface area contributed by atoms with Crippen molar-refractivity contribution in [3.63, 3.8) is 0 Å². The van der Waals surface area contributed by atoms with Crippen LogP contribution in [0.3, 0.4) is 0 Å². The van der Waals surface area contributed by atoms with Crippen LogP contribution in [0.4, 0.5) is 0 Å². The normalized spacial score (nSPS) is 26.3. The van der Waals surface area contributed by atoms with E-state index in [1.165, 1.54) is 24.8 Å². The predicted octanol–water partition coefficient (Wildman–Crippen LogP) is 5.76. The van der Waals surface area contributed by atoms with Crippen LogP contribution >= 0.6 is 23.2 Å². The molecule has 0 bridgehead atoms. The van der Waals surface area contributed by atoms with Gasteiger partial charge < -0.3 is 5.32 Å². The molecule has 0 heterocycles. The Balaban J connectivity index is 2.20. The molecule has 1 aromatic rings. The third-order valence-electron chi connectivity index (χ3n) is 5.01. The summed E-state index contributed by atoms with van der Waals surface area (Å²) in [7, 11) is 0. The van der Waals surface area contributed by atoms with Crippen molar-refractivity contribution in [2.75, 3.05) is 13.1 Å². The van der Waals surface area contributed by atoms with Crippen LogP contribution in [0.5, 0.6) is 0 Å². The molecule has 1 N–H and O–H groups in total. The van der Waals surface area contributed by atoms with Crippen molar-refractivity contribution in [1.29, 1.82) is 0 Å². The molecule has 0 aliphatic heterocycles. The first-order valence-electron chi connectivity index (χ1n) is 8.18. The van der Waals surface area contributed by atoms with E-state index in [0.29, 0.717) is 21.9 Å². The van der Waals surface area contributed by atoms with E-state index in [1.54, 1.807) is 0 Å². The summed E-state index contributed by atoms with van der Waals surface area (Å²) in [6.07, 6.45) is 3.93. The molecule has 1 aromatic carbocycles. The molecule has 0 amide bonds. The van der Waals surface area contributed by atoms with Gasteiger partial charge in [0.2, 0.25) is 0 Å². The maximum Gasteiger partial charge on any atom is 0.0595 e. The number of hydrogen-bond donors (Lipinski definition) is 1. The lowest BCUT2D eigenvalue weighted by molar-refractivity contribution is 0.191. The summed E-state index contributed by atoms with van der Waals surface area (Å²) < 4.78 is 0. The molecule has 2 rings (SSSR count). The smallest absolute Gasteiger partial charge is 0.0595 e. The van der Waals surface area contributed by atoms with Crippen molar-refractivity contribution in [3.05, 3.63) is 33.8 Å². The third kappa shape index (κ3) is 4.37. The fourth-order valence-electron chi connectivity index (χ4n) is 3.60. The SMILES string of the molecule is CCNCC1CCC(C(C)C)CC1c1ccc(Cl)c(Cl)c1. The standard InChI is InChI=1S/C18H27Cl2N/c1-4-21-11-15-6-5-13(12(2)3)9-16(15)14-7-8-17(19)18(20)10-14/h7-8,10,12-13,15-16,21H,4-6,9,11H2,1-3H3. The number of benzene rings is 1. The van der Waals surface area contributed by atoms with E-state index < -0.39 is 0 Å². The zero-order valence-electron chi connectivity index (χ0n) is 13.3. The fourth-order valence-corrected chi connectivity index (χ4v) is 3.90. The maximum absolute atomic E-state index is 6.24. The van der Waals surface area contributed by atoms with Gasteiger partial charge in [0, 0.05) is 0 Å². The van der Waals surface area contributed by atoms with Gasteiger partial charge in [-0.25, -0.2) is 0 Å². The van der Waals surface area contributed by atoms with Crippen LogP contribution in [-0.4, -0.2) is 13.1 Å². The molecule has 1 saturated carbocycles. The van der Waals surface area contributed by atoms with E-state index in [9.17, 15) is 0 Å². The molecule has 3 unspecified atom stereocenters. The summed E-state index contributed by atoms with van der Waals surface area (Å²) in [5.41, 5.74) is 1.36. The van der Waals surface area contributed by atoms with E-state index in [-0.39, 0.29) is 0 Å². The summed E-state index contributed by atoms with van der Waals surface area (Å²) >= 11 is 12.3. The minimum absolute atomic E-state index is 0.597. The lowest BCUT2D eigenvalue weighted by atomic mass is 9.68. The molecular weight excluding hydrogens is 301 g/mol. The molecule has 3 atom stereocenters. The van der Waals surface area contributed by atoms with Gasteiger partial charge in [-0.1, -0.05) is 50.0 Å². The van der Waals surface area contributed by atoms with Gasteiger partial charge >= 0.3 is 0 Å². The summed E-state index contributed by atoms with van der Waals surface area (Å²) in [6.45, 7) is 9.01. The molecular formula is C18H27Cl2N. The molecule has 1 fully saturated rings. The quantitative estimate of drug-likeness (QED) is 0.725. The van der Waals surface area contributed by atoms with Gasteiger partial charge in [0.1, 0.15) is 0 Å². The molecule has 3 heteroatoms. The van der Waals surface area contributed by atoms with E-state index >= 15 is 0 Å². The first kappa shape index (κ1) is 17.1. The summed E-state index contributed by atoms with van der Waals surface area (Å²) in [6, 6.07) is 6.19. The second-order valence-corrected chi connectivity index (χ2v) is 7.48. The zero-order valence-corrected chi connectivity index (χ0v) is 14.8. The zero-order chi connectivity index (χ0) is 15.4. The Morgan fingerprint density at radius 3 is 2.57 bits per heavy atom. The average Bonchev–Trinajstić information content (AvgIpc) is 2.47. The first-order valence-corrected chi connectivity index (χ1v) is 8.94. The van der Waals surface area contributed by atoms with Crippen LogP contribution in [0.15, 0.2) is 18.2 Å². The predicted molar refractivity (Wildman–Crippen MR) is 93.4 cm³/mol. The minimum atomic E-state index is 0.597. The Morgan fingerprint density at radius 2 is 1.95 bits per heavy atom. The van der Waals surface area contributed by atoms with Crippen LogP contribution < -0.4 is 5.32 Å². The number of nitrogens with one attached hydrogen (secondary N) is 1. The Hall–Kier alpha value is -0.240. The molecule has 1 aliphatic carbocycles. The lowest BCUT2D eigenvalue weighted by Crippen LogP contribution is -2.33. The van der Waals surface area contributed by atoms with Gasteiger partial charge in [-0.15, -0.1) is 0 Å². The van der Waals surface area contributed by atoms with Gasteiger partial charge in [0.25, 0.3) is 0 Å². The summed E-state index contributed by atoms with van der Waals surface area (Å²) in [5, 5.41) is 4.86. The van der Waals surface area contributed by atoms with Crippen molar-refractivity contribution in [2.45, 2.75) is 46.0 Å². The van der Waals surface area contributed by atoms with Crippen molar-refractivity contribution >= 4 is 23.2 Å². The monoisotopic (exact) mass is 327 g/mol. The van der Waals surface area contributed by atoms with Gasteiger partial charge in [-0.2, -0.15) is 0 Å². The molecule has 21 heavy (non-hydrogen) atoms. The molecule has 1 nitrogen and oxygen atoms in total. The average molecular weight is 328 g/mol. The second-order valence-electron chi connectivity index (χ2n) is 6.66. The topological polar surface area (TPSA) is 12.0 Å². The largest absolute Gasteiger partial charge is 0.317 e. The van der Waals surface area contributed by atoms with Gasteiger partial charge in [-0.05, 0) is 73.7 Å². The van der Waals surface area contributed by atoms with Gasteiger partial charge in [0.05, 0.1) is 10.0 Å². The highest BCUT2D eigenvalue weighted by atomic mass is 35.5. The van der Waals surface area contributed by atoms with Crippen LogP contribution in [0.1, 0.15) is 51.5 Å². The number of rotatable bonds is 5. The fraction of sp³-hybridized carbons (Fsp3) is 0.667. The van der Waals surface area contributed by atoms with Crippen molar-refractivity contribution in [3.8, 4) is 0 Å². The maximum atomic E-state index is 6.24. The molecule has 0 saturated heterocycles. The molecule has 1 aliphatic rings. The highest BCUT2D eigenvalue weighted by Crippen LogP contribution is 2.43. The molecule has 118 valence electrons.